The molecule has 0 saturated carbocycles. The second-order valence-electron chi connectivity index (χ2n) is 6.61. The lowest BCUT2D eigenvalue weighted by Crippen LogP contribution is -2.15. The fourth-order valence-corrected chi connectivity index (χ4v) is 3.87. The number of hydrogen-bond acceptors (Lipinski definition) is 4. The molecular weight excluding hydrogens is 362 g/mol. The van der Waals surface area contributed by atoms with Crippen LogP contribution in [0.15, 0.2) is 58.2 Å². The number of rotatable bonds is 5. The van der Waals surface area contributed by atoms with Crippen LogP contribution in [-0.2, 0) is 16.4 Å². The van der Waals surface area contributed by atoms with E-state index in [1.807, 2.05) is 26.0 Å². The Kier molecular flexibility index (Phi) is 5.14. The summed E-state index contributed by atoms with van der Waals surface area (Å²) in [6.45, 7) is 5.57. The first-order valence-electron chi connectivity index (χ1n) is 8.49. The summed E-state index contributed by atoms with van der Waals surface area (Å²) in [6, 6.07) is 13.9. The van der Waals surface area contributed by atoms with Crippen molar-refractivity contribution >= 4 is 15.7 Å². The molecule has 0 aliphatic carbocycles. The number of nitrogens with zero attached hydrogens (tertiary/aromatic N) is 1. The largest absolute Gasteiger partial charge is 0.279 e. The standard InChI is InChI=1S/C20H21N3O3S/c1-13-4-5-14(2)19(10-13)23-27(25,26)18-8-6-16(7-9-18)12-17-11-15(3)21-22-20(17)24/h4-11,23H,12H2,1-3H3,(H,22,24). The molecule has 1 heterocycles. The van der Waals surface area contributed by atoms with Crippen molar-refractivity contribution in [2.45, 2.75) is 32.1 Å². The van der Waals surface area contributed by atoms with E-state index in [-0.39, 0.29) is 10.5 Å². The quantitative estimate of drug-likeness (QED) is 0.708. The first-order valence-corrected chi connectivity index (χ1v) is 9.97. The SMILES string of the molecule is Cc1ccc(C)c(NS(=O)(=O)c2ccc(Cc3cc(C)n[nH]c3=O)cc2)c1. The van der Waals surface area contributed by atoms with Crippen LogP contribution in [0.3, 0.4) is 0 Å². The summed E-state index contributed by atoms with van der Waals surface area (Å²) in [5.74, 6) is 0. The topological polar surface area (TPSA) is 91.9 Å². The Labute approximate surface area is 158 Å². The van der Waals surface area contributed by atoms with Gasteiger partial charge < -0.3 is 0 Å². The van der Waals surface area contributed by atoms with E-state index in [1.165, 1.54) is 0 Å². The number of aryl methyl sites for hydroxylation is 3. The predicted molar refractivity (Wildman–Crippen MR) is 106 cm³/mol. The van der Waals surface area contributed by atoms with Crippen LogP contribution in [0.2, 0.25) is 0 Å². The number of anilines is 1. The Morgan fingerprint density at radius 3 is 2.41 bits per heavy atom. The van der Waals surface area contributed by atoms with Crippen molar-refractivity contribution in [3.8, 4) is 0 Å². The fraction of sp³-hybridized carbons (Fsp3) is 0.200. The lowest BCUT2D eigenvalue weighted by Gasteiger charge is -2.12. The van der Waals surface area contributed by atoms with Crippen LogP contribution in [-0.4, -0.2) is 18.6 Å². The van der Waals surface area contributed by atoms with E-state index in [0.717, 1.165) is 22.4 Å². The van der Waals surface area contributed by atoms with Gasteiger partial charge in [-0.15, -0.1) is 0 Å². The fourth-order valence-electron chi connectivity index (χ4n) is 2.75. The smallest absolute Gasteiger partial charge is 0.267 e. The second kappa shape index (κ2) is 7.36. The number of H-pyrrole nitrogens is 1. The van der Waals surface area contributed by atoms with Gasteiger partial charge in [0.05, 0.1) is 16.3 Å². The third-order valence-electron chi connectivity index (χ3n) is 4.27. The molecule has 3 rings (SSSR count). The van der Waals surface area contributed by atoms with Gasteiger partial charge >= 0.3 is 0 Å². The van der Waals surface area contributed by atoms with Gasteiger partial charge in [0.2, 0.25) is 0 Å². The van der Waals surface area contributed by atoms with Gasteiger partial charge in [-0.1, -0.05) is 24.3 Å². The zero-order valence-electron chi connectivity index (χ0n) is 15.4. The van der Waals surface area contributed by atoms with Crippen molar-refractivity contribution in [2.24, 2.45) is 0 Å². The van der Waals surface area contributed by atoms with Crippen LogP contribution in [0.5, 0.6) is 0 Å². The summed E-state index contributed by atoms with van der Waals surface area (Å²) in [7, 11) is -3.68. The van der Waals surface area contributed by atoms with Crippen LogP contribution >= 0.6 is 0 Å². The minimum atomic E-state index is -3.68. The number of aromatic amines is 1. The molecule has 0 saturated heterocycles. The number of hydrogen-bond donors (Lipinski definition) is 2. The van der Waals surface area contributed by atoms with E-state index in [1.54, 1.807) is 43.3 Å². The Balaban J connectivity index is 1.82. The van der Waals surface area contributed by atoms with Gasteiger partial charge in [0.15, 0.2) is 0 Å². The highest BCUT2D eigenvalue weighted by Gasteiger charge is 2.15. The minimum Gasteiger partial charge on any atom is -0.279 e. The number of nitrogens with one attached hydrogen (secondary N) is 2. The molecule has 27 heavy (non-hydrogen) atoms. The molecule has 0 radical (unpaired) electrons. The predicted octanol–water partition coefficient (Wildman–Crippen LogP) is 3.09. The maximum absolute atomic E-state index is 12.7. The van der Waals surface area contributed by atoms with Gasteiger partial charge in [0.25, 0.3) is 15.6 Å². The molecule has 0 fully saturated rings. The molecule has 1 aromatic heterocycles. The molecule has 140 valence electrons. The van der Waals surface area contributed by atoms with Gasteiger partial charge in [-0.25, -0.2) is 13.5 Å². The van der Waals surface area contributed by atoms with E-state index in [4.69, 9.17) is 0 Å². The van der Waals surface area contributed by atoms with Crippen LogP contribution in [0, 0.1) is 20.8 Å². The lowest BCUT2D eigenvalue weighted by molar-refractivity contribution is 0.601. The van der Waals surface area contributed by atoms with E-state index in [0.29, 0.717) is 17.7 Å². The van der Waals surface area contributed by atoms with Gasteiger partial charge in [0, 0.05) is 12.0 Å². The molecule has 0 atom stereocenters. The average molecular weight is 383 g/mol. The van der Waals surface area contributed by atoms with E-state index in [9.17, 15) is 13.2 Å². The summed E-state index contributed by atoms with van der Waals surface area (Å²) < 4.78 is 28.0. The molecule has 7 heteroatoms. The van der Waals surface area contributed by atoms with E-state index in [2.05, 4.69) is 14.9 Å². The highest BCUT2D eigenvalue weighted by Crippen LogP contribution is 2.21. The van der Waals surface area contributed by atoms with Crippen molar-refractivity contribution in [3.63, 3.8) is 0 Å². The van der Waals surface area contributed by atoms with Gasteiger partial charge in [-0.3, -0.25) is 9.52 Å². The third kappa shape index (κ3) is 4.43. The highest BCUT2D eigenvalue weighted by atomic mass is 32.2. The van der Waals surface area contributed by atoms with Crippen LogP contribution < -0.4 is 10.3 Å². The molecule has 3 aromatic rings. The molecule has 2 N–H and O–H groups in total. The zero-order valence-corrected chi connectivity index (χ0v) is 16.2. The number of sulfonamides is 1. The summed E-state index contributed by atoms with van der Waals surface area (Å²) >= 11 is 0. The Hall–Kier alpha value is -2.93. The van der Waals surface area contributed by atoms with Crippen molar-refractivity contribution in [2.75, 3.05) is 4.72 Å². The molecule has 6 nitrogen and oxygen atoms in total. The van der Waals surface area contributed by atoms with Crippen LogP contribution in [0.25, 0.3) is 0 Å². The zero-order chi connectivity index (χ0) is 19.6. The number of aromatic nitrogens is 2. The Bertz CT molecular complexity index is 1130. The first kappa shape index (κ1) is 18.8. The van der Waals surface area contributed by atoms with Crippen LogP contribution in [0.4, 0.5) is 5.69 Å². The second-order valence-corrected chi connectivity index (χ2v) is 8.29. The van der Waals surface area contributed by atoms with Crippen molar-refractivity contribution in [3.05, 3.63) is 86.8 Å². The molecule has 0 bridgehead atoms. The lowest BCUT2D eigenvalue weighted by atomic mass is 10.1. The first-order chi connectivity index (χ1) is 12.7. The Morgan fingerprint density at radius 1 is 1.00 bits per heavy atom. The molecule has 0 amide bonds. The third-order valence-corrected chi connectivity index (χ3v) is 5.66. The van der Waals surface area contributed by atoms with Gasteiger partial charge in [-0.2, -0.15) is 5.10 Å². The highest BCUT2D eigenvalue weighted by molar-refractivity contribution is 7.92. The molecular formula is C20H21N3O3S. The molecule has 0 aliphatic heterocycles. The monoisotopic (exact) mass is 383 g/mol. The molecule has 0 aliphatic rings. The maximum atomic E-state index is 12.7. The summed E-state index contributed by atoms with van der Waals surface area (Å²) in [6.07, 6.45) is 0.406. The summed E-state index contributed by atoms with van der Waals surface area (Å²) in [4.78, 5) is 12.0. The summed E-state index contributed by atoms with van der Waals surface area (Å²) in [5.41, 5.74) is 4.32. The van der Waals surface area contributed by atoms with E-state index >= 15 is 0 Å². The van der Waals surface area contributed by atoms with E-state index < -0.39 is 10.0 Å². The minimum absolute atomic E-state index is 0.173. The molecule has 2 aromatic carbocycles. The van der Waals surface area contributed by atoms with Crippen molar-refractivity contribution in [1.29, 1.82) is 0 Å². The molecule has 0 spiro atoms. The molecule has 0 unspecified atom stereocenters. The average Bonchev–Trinajstić information content (AvgIpc) is 2.61. The van der Waals surface area contributed by atoms with Gasteiger partial charge in [0.1, 0.15) is 0 Å². The van der Waals surface area contributed by atoms with Crippen molar-refractivity contribution in [1.82, 2.24) is 10.2 Å². The van der Waals surface area contributed by atoms with Crippen LogP contribution in [0.1, 0.15) is 27.9 Å². The normalized spacial score (nSPS) is 11.4. The van der Waals surface area contributed by atoms with Gasteiger partial charge in [-0.05, 0) is 61.7 Å². The van der Waals surface area contributed by atoms with Crippen molar-refractivity contribution < 1.29 is 8.42 Å². The maximum Gasteiger partial charge on any atom is 0.267 e. The summed E-state index contributed by atoms with van der Waals surface area (Å²) in [5, 5.41) is 6.31. The Morgan fingerprint density at radius 2 is 1.70 bits per heavy atom. The number of benzene rings is 2.